The number of fused-ring (bicyclic) bond motifs is 1. The fourth-order valence-corrected chi connectivity index (χ4v) is 3.18. The zero-order valence-electron chi connectivity index (χ0n) is 8.16. The Bertz CT molecular complexity index is 402. The second kappa shape index (κ2) is 3.98. The van der Waals surface area contributed by atoms with Crippen molar-refractivity contribution in [2.24, 2.45) is 0 Å². The lowest BCUT2D eigenvalue weighted by Gasteiger charge is -2.03. The number of hydrogen-bond donors (Lipinski definition) is 1. The Balaban J connectivity index is 2.46. The van der Waals surface area contributed by atoms with Gasteiger partial charge in [0.25, 0.3) is 5.56 Å². The van der Waals surface area contributed by atoms with E-state index in [2.05, 4.69) is 23.8 Å². The lowest BCUT2D eigenvalue weighted by molar-refractivity contribution is 0.865. The Kier molecular flexibility index (Phi) is 2.88. The second-order valence-corrected chi connectivity index (χ2v) is 5.70. The van der Waals surface area contributed by atoms with Crippen molar-refractivity contribution >= 4 is 23.5 Å². The number of H-pyrrole nitrogens is 1. The van der Waals surface area contributed by atoms with Crippen molar-refractivity contribution < 1.29 is 0 Å². The van der Waals surface area contributed by atoms with E-state index < -0.39 is 0 Å². The molecule has 1 aliphatic rings. The first-order valence-electron chi connectivity index (χ1n) is 4.60. The number of aromatic nitrogens is 2. The molecule has 0 bridgehead atoms. The number of aromatic amines is 1. The summed E-state index contributed by atoms with van der Waals surface area (Å²) in [5.74, 6) is 1.81. The highest BCUT2D eigenvalue weighted by Crippen LogP contribution is 2.38. The van der Waals surface area contributed by atoms with Crippen LogP contribution in [0.1, 0.15) is 30.4 Å². The molecule has 1 N–H and O–H groups in total. The minimum Gasteiger partial charge on any atom is -0.301 e. The molecule has 0 radical (unpaired) electrons. The maximum atomic E-state index is 11.7. The van der Waals surface area contributed by atoms with E-state index in [0.717, 1.165) is 27.9 Å². The topological polar surface area (TPSA) is 45.8 Å². The highest BCUT2D eigenvalue weighted by molar-refractivity contribution is 7.99. The van der Waals surface area contributed by atoms with Crippen molar-refractivity contribution in [3.8, 4) is 0 Å². The van der Waals surface area contributed by atoms with Gasteiger partial charge >= 0.3 is 0 Å². The molecule has 1 aromatic rings. The third kappa shape index (κ3) is 1.70. The van der Waals surface area contributed by atoms with Gasteiger partial charge in [0, 0.05) is 11.0 Å². The molecule has 0 saturated carbocycles. The van der Waals surface area contributed by atoms with Crippen LogP contribution in [0, 0.1) is 0 Å². The van der Waals surface area contributed by atoms with Gasteiger partial charge in [-0.1, -0.05) is 18.7 Å². The molecular weight excluding hydrogens is 216 g/mol. The summed E-state index contributed by atoms with van der Waals surface area (Å²) in [4.78, 5) is 19.0. The zero-order valence-corrected chi connectivity index (χ0v) is 9.80. The molecule has 2 heterocycles. The number of nitrogens with one attached hydrogen (secondary N) is 1. The molecule has 5 heteroatoms. The summed E-state index contributed by atoms with van der Waals surface area (Å²) in [5.41, 5.74) is 1.89. The minimum absolute atomic E-state index is 0.0449. The Morgan fingerprint density at radius 1 is 1.71 bits per heavy atom. The second-order valence-electron chi connectivity index (χ2n) is 3.12. The number of thioether (sulfide) groups is 2. The molecule has 76 valence electrons. The van der Waals surface area contributed by atoms with Gasteiger partial charge in [-0.3, -0.25) is 4.79 Å². The van der Waals surface area contributed by atoms with Crippen LogP contribution in [-0.2, 0) is 5.75 Å². The molecule has 1 unspecified atom stereocenters. The van der Waals surface area contributed by atoms with Gasteiger partial charge in [0.2, 0.25) is 0 Å². The monoisotopic (exact) mass is 228 g/mol. The summed E-state index contributed by atoms with van der Waals surface area (Å²) < 4.78 is 0. The van der Waals surface area contributed by atoms with Crippen LogP contribution in [0.25, 0.3) is 0 Å². The van der Waals surface area contributed by atoms with Crippen LogP contribution in [0.5, 0.6) is 0 Å². The molecule has 0 aromatic carbocycles. The molecule has 0 fully saturated rings. The van der Waals surface area contributed by atoms with Crippen molar-refractivity contribution in [2.75, 3.05) is 5.75 Å². The Morgan fingerprint density at radius 2 is 2.50 bits per heavy atom. The Morgan fingerprint density at radius 3 is 3.21 bits per heavy atom. The van der Waals surface area contributed by atoms with Gasteiger partial charge in [0.1, 0.15) is 0 Å². The van der Waals surface area contributed by atoms with Crippen molar-refractivity contribution in [1.82, 2.24) is 9.97 Å². The molecule has 2 rings (SSSR count). The van der Waals surface area contributed by atoms with E-state index in [-0.39, 0.29) is 5.56 Å². The fourth-order valence-electron chi connectivity index (χ4n) is 1.53. The van der Waals surface area contributed by atoms with Gasteiger partial charge in [0.15, 0.2) is 5.16 Å². The third-order valence-corrected chi connectivity index (χ3v) is 4.10. The molecule has 0 amide bonds. The third-order valence-electron chi connectivity index (χ3n) is 2.17. The van der Waals surface area contributed by atoms with E-state index in [9.17, 15) is 4.79 Å². The smallest absolute Gasteiger partial charge is 0.256 e. The van der Waals surface area contributed by atoms with E-state index in [0.29, 0.717) is 5.25 Å². The SMILES string of the molecule is CCSc1nc2c(c(=O)[nH]1)C(C)SC2. The predicted octanol–water partition coefficient (Wildman–Crippen LogP) is 2.19. The Labute approximate surface area is 91.1 Å². The molecule has 1 aromatic heterocycles. The van der Waals surface area contributed by atoms with Crippen LogP contribution in [0.15, 0.2) is 9.95 Å². The van der Waals surface area contributed by atoms with E-state index in [1.165, 1.54) is 0 Å². The first-order chi connectivity index (χ1) is 6.72. The molecule has 3 nitrogen and oxygen atoms in total. The molecule has 1 atom stereocenters. The maximum Gasteiger partial charge on any atom is 0.256 e. The van der Waals surface area contributed by atoms with Crippen LogP contribution in [0.3, 0.4) is 0 Å². The van der Waals surface area contributed by atoms with Gasteiger partial charge in [0.05, 0.1) is 11.3 Å². The summed E-state index contributed by atoms with van der Waals surface area (Å²) in [6.07, 6.45) is 0. The maximum absolute atomic E-state index is 11.7. The molecule has 1 aliphatic heterocycles. The summed E-state index contributed by atoms with van der Waals surface area (Å²) in [6, 6.07) is 0. The number of rotatable bonds is 2. The average Bonchev–Trinajstić information content (AvgIpc) is 2.48. The average molecular weight is 228 g/mol. The van der Waals surface area contributed by atoms with Crippen LogP contribution >= 0.6 is 23.5 Å². The van der Waals surface area contributed by atoms with Gasteiger partial charge in [-0.05, 0) is 12.7 Å². The van der Waals surface area contributed by atoms with E-state index >= 15 is 0 Å². The normalized spacial score (nSPS) is 19.7. The fraction of sp³-hybridized carbons (Fsp3) is 0.556. The molecule has 0 aliphatic carbocycles. The highest BCUT2D eigenvalue weighted by Gasteiger charge is 2.24. The van der Waals surface area contributed by atoms with Crippen molar-refractivity contribution in [3.63, 3.8) is 0 Å². The van der Waals surface area contributed by atoms with Crippen molar-refractivity contribution in [2.45, 2.75) is 30.0 Å². The molecule has 14 heavy (non-hydrogen) atoms. The van der Waals surface area contributed by atoms with Crippen LogP contribution < -0.4 is 5.56 Å². The summed E-state index contributed by atoms with van der Waals surface area (Å²) in [5, 5.41) is 1.05. The van der Waals surface area contributed by atoms with Gasteiger partial charge < -0.3 is 4.98 Å². The van der Waals surface area contributed by atoms with Crippen LogP contribution in [0.2, 0.25) is 0 Å². The van der Waals surface area contributed by atoms with Crippen LogP contribution in [0.4, 0.5) is 0 Å². The lowest BCUT2D eigenvalue weighted by Crippen LogP contribution is -2.16. The number of hydrogen-bond acceptors (Lipinski definition) is 4. The van der Waals surface area contributed by atoms with E-state index in [1.54, 1.807) is 23.5 Å². The molecular formula is C9H12N2OS2. The predicted molar refractivity (Wildman–Crippen MR) is 61.0 cm³/mol. The Hall–Kier alpha value is -0.420. The van der Waals surface area contributed by atoms with Crippen molar-refractivity contribution in [1.29, 1.82) is 0 Å². The summed E-state index contributed by atoms with van der Waals surface area (Å²) >= 11 is 3.36. The largest absolute Gasteiger partial charge is 0.301 e. The molecule has 0 spiro atoms. The molecule has 0 saturated heterocycles. The van der Waals surface area contributed by atoms with E-state index in [1.807, 2.05) is 0 Å². The first kappa shape index (κ1) is 10.1. The van der Waals surface area contributed by atoms with Gasteiger partial charge in [-0.25, -0.2) is 4.98 Å². The van der Waals surface area contributed by atoms with Crippen molar-refractivity contribution in [3.05, 3.63) is 21.6 Å². The van der Waals surface area contributed by atoms with E-state index in [4.69, 9.17) is 0 Å². The number of nitrogens with zero attached hydrogens (tertiary/aromatic N) is 1. The summed E-state index contributed by atoms with van der Waals surface area (Å²) in [6.45, 7) is 4.11. The minimum atomic E-state index is 0.0449. The quantitative estimate of drug-likeness (QED) is 0.622. The highest BCUT2D eigenvalue weighted by atomic mass is 32.2. The summed E-state index contributed by atoms with van der Waals surface area (Å²) in [7, 11) is 0. The standard InChI is InChI=1S/C9H12N2OS2/c1-3-13-9-10-6-4-14-5(2)7(6)8(12)11-9/h5H,3-4H2,1-2H3,(H,10,11,12). The lowest BCUT2D eigenvalue weighted by atomic mass is 10.2. The first-order valence-corrected chi connectivity index (χ1v) is 6.63. The van der Waals surface area contributed by atoms with Gasteiger partial charge in [-0.15, -0.1) is 11.8 Å². The zero-order chi connectivity index (χ0) is 10.1. The van der Waals surface area contributed by atoms with Crippen LogP contribution in [-0.4, -0.2) is 15.7 Å². The van der Waals surface area contributed by atoms with Gasteiger partial charge in [-0.2, -0.15) is 0 Å².